The van der Waals surface area contributed by atoms with Crippen LogP contribution in [0.4, 0.5) is 0 Å². The van der Waals surface area contributed by atoms with Crippen molar-refractivity contribution in [3.8, 4) is 0 Å². The molecule has 2 heterocycles. The molecule has 7 nitrogen and oxygen atoms in total. The summed E-state index contributed by atoms with van der Waals surface area (Å²) in [5, 5.41) is 13.8. The van der Waals surface area contributed by atoms with Crippen LogP contribution >= 0.6 is 0 Å². The second-order valence-corrected chi connectivity index (χ2v) is 10.4. The minimum Gasteiger partial charge on any atom is -0.322 e. The highest BCUT2D eigenvalue weighted by molar-refractivity contribution is 5.79. The van der Waals surface area contributed by atoms with E-state index in [2.05, 4.69) is 85.2 Å². The van der Waals surface area contributed by atoms with E-state index < -0.39 is 0 Å². The molecule has 0 saturated heterocycles. The Kier molecular flexibility index (Phi) is 6.66. The lowest BCUT2D eigenvalue weighted by Gasteiger charge is -2.35. The van der Waals surface area contributed by atoms with Crippen LogP contribution in [-0.2, 0) is 18.6 Å². The largest absolute Gasteiger partial charge is 0.322 e. The molecule has 2 aromatic carbocycles. The molecule has 0 bridgehead atoms. The molecule has 0 saturated carbocycles. The Bertz CT molecular complexity index is 1320. The molecule has 4 aromatic rings. The molecule has 34 heavy (non-hydrogen) atoms. The molecule has 1 N–H and O–H groups in total. The number of nitrogens with zero attached hydrogens (tertiary/aromatic N) is 5. The first-order valence-electron chi connectivity index (χ1n) is 11.8. The minimum atomic E-state index is -0.262. The van der Waals surface area contributed by atoms with Crippen LogP contribution in [0.3, 0.4) is 0 Å². The first-order valence-corrected chi connectivity index (χ1v) is 11.8. The quantitative estimate of drug-likeness (QED) is 0.423. The van der Waals surface area contributed by atoms with Crippen molar-refractivity contribution in [1.29, 1.82) is 0 Å². The van der Waals surface area contributed by atoms with E-state index in [1.807, 2.05) is 41.1 Å². The molecular weight excluding hydrogens is 424 g/mol. The van der Waals surface area contributed by atoms with Crippen molar-refractivity contribution in [3.63, 3.8) is 0 Å². The molecule has 2 aromatic heterocycles. The van der Waals surface area contributed by atoms with Crippen LogP contribution in [-0.4, -0.2) is 30.1 Å². The van der Waals surface area contributed by atoms with Crippen LogP contribution in [0.1, 0.15) is 63.2 Å². The Morgan fingerprint density at radius 3 is 2.44 bits per heavy atom. The van der Waals surface area contributed by atoms with Gasteiger partial charge in [-0.2, -0.15) is 0 Å². The number of hydrogen-bond donors (Lipinski definition) is 1. The number of aryl methyl sites for hydroxylation is 1. The van der Waals surface area contributed by atoms with Crippen LogP contribution in [0, 0.1) is 12.8 Å². The number of aromatic amines is 1. The molecule has 0 fully saturated rings. The van der Waals surface area contributed by atoms with E-state index in [1.54, 1.807) is 0 Å². The Morgan fingerprint density at radius 1 is 1.03 bits per heavy atom. The lowest BCUT2D eigenvalue weighted by Crippen LogP contribution is -2.37. The summed E-state index contributed by atoms with van der Waals surface area (Å²) >= 11 is 0. The number of rotatable bonds is 7. The van der Waals surface area contributed by atoms with Crippen LogP contribution in [0.2, 0.25) is 0 Å². The number of fused-ring (bicyclic) bond motifs is 1. The highest BCUT2D eigenvalue weighted by atomic mass is 16.1. The van der Waals surface area contributed by atoms with E-state index in [-0.39, 0.29) is 23.1 Å². The number of pyridine rings is 1. The summed E-state index contributed by atoms with van der Waals surface area (Å²) in [4.78, 5) is 18.5. The molecule has 0 unspecified atom stereocenters. The number of nitrogens with one attached hydrogen (secondary N) is 1. The summed E-state index contributed by atoms with van der Waals surface area (Å²) in [5.41, 5.74) is 3.60. The first-order chi connectivity index (χ1) is 16.1. The van der Waals surface area contributed by atoms with Crippen molar-refractivity contribution in [3.05, 3.63) is 87.5 Å². The summed E-state index contributed by atoms with van der Waals surface area (Å²) in [7, 11) is 0. The van der Waals surface area contributed by atoms with Gasteiger partial charge in [0.2, 0.25) is 0 Å². The van der Waals surface area contributed by atoms with Crippen molar-refractivity contribution in [2.75, 3.05) is 0 Å². The van der Waals surface area contributed by atoms with Gasteiger partial charge in [-0.3, -0.25) is 9.69 Å². The van der Waals surface area contributed by atoms with Gasteiger partial charge in [0.25, 0.3) is 5.56 Å². The number of tetrazole rings is 1. The van der Waals surface area contributed by atoms with Gasteiger partial charge in [-0.25, -0.2) is 4.68 Å². The van der Waals surface area contributed by atoms with Crippen molar-refractivity contribution in [2.24, 2.45) is 5.92 Å². The standard InChI is InChI=1S/C27H34N6O/c1-18(2)24(25-29-30-31-33(25)27(4,5)6)32(16-20-10-8-7-9-11-20)17-22-15-21-14-19(3)12-13-23(21)28-26(22)34/h7-15,18,24H,16-17H2,1-6H3,(H,28,34)/t24-/m0/s1. The molecule has 4 rings (SSSR count). The molecule has 0 radical (unpaired) electrons. The molecule has 1 atom stereocenters. The smallest absolute Gasteiger partial charge is 0.252 e. The normalized spacial score (nSPS) is 13.2. The number of hydrogen-bond acceptors (Lipinski definition) is 5. The Labute approximate surface area is 200 Å². The molecule has 0 aliphatic rings. The zero-order chi connectivity index (χ0) is 24.5. The highest BCUT2D eigenvalue weighted by Gasteiger charge is 2.32. The molecule has 178 valence electrons. The minimum absolute atomic E-state index is 0.0627. The molecule has 7 heteroatoms. The van der Waals surface area contributed by atoms with Crippen molar-refractivity contribution >= 4 is 10.9 Å². The fraction of sp³-hybridized carbons (Fsp3) is 0.407. The third-order valence-corrected chi connectivity index (χ3v) is 6.10. The summed E-state index contributed by atoms with van der Waals surface area (Å²) < 4.78 is 1.91. The predicted octanol–water partition coefficient (Wildman–Crippen LogP) is 4.98. The Hall–Kier alpha value is -3.32. The summed E-state index contributed by atoms with van der Waals surface area (Å²) in [6.45, 7) is 13.9. The van der Waals surface area contributed by atoms with E-state index in [4.69, 9.17) is 0 Å². The average Bonchev–Trinajstić information content (AvgIpc) is 3.25. The van der Waals surface area contributed by atoms with Crippen molar-refractivity contribution in [2.45, 2.75) is 66.2 Å². The average molecular weight is 459 g/mol. The number of benzene rings is 2. The lowest BCUT2D eigenvalue weighted by molar-refractivity contribution is 0.120. The first kappa shape index (κ1) is 23.8. The summed E-state index contributed by atoms with van der Waals surface area (Å²) in [5.74, 6) is 1.03. The number of H-pyrrole nitrogens is 1. The van der Waals surface area contributed by atoms with E-state index in [1.165, 1.54) is 5.56 Å². The lowest BCUT2D eigenvalue weighted by atomic mass is 9.98. The third-order valence-electron chi connectivity index (χ3n) is 6.10. The zero-order valence-electron chi connectivity index (χ0n) is 20.9. The van der Waals surface area contributed by atoms with Gasteiger partial charge in [0.05, 0.1) is 11.6 Å². The van der Waals surface area contributed by atoms with Gasteiger partial charge in [-0.1, -0.05) is 55.8 Å². The van der Waals surface area contributed by atoms with E-state index >= 15 is 0 Å². The SMILES string of the molecule is Cc1ccc2[nH]c(=O)c(CN(Cc3ccccc3)[C@H](c3nnnn3C(C)(C)C)C(C)C)cc2c1. The second kappa shape index (κ2) is 9.50. The molecule has 0 aliphatic heterocycles. The van der Waals surface area contributed by atoms with Gasteiger partial charge in [0.15, 0.2) is 5.82 Å². The zero-order valence-corrected chi connectivity index (χ0v) is 20.9. The van der Waals surface area contributed by atoms with E-state index in [9.17, 15) is 4.79 Å². The van der Waals surface area contributed by atoms with Gasteiger partial charge in [0.1, 0.15) is 0 Å². The highest BCUT2D eigenvalue weighted by Crippen LogP contribution is 2.32. The topological polar surface area (TPSA) is 79.7 Å². The van der Waals surface area contributed by atoms with E-state index in [0.29, 0.717) is 13.1 Å². The fourth-order valence-electron chi connectivity index (χ4n) is 4.52. The molecule has 0 amide bonds. The molecule has 0 spiro atoms. The third kappa shape index (κ3) is 5.09. The maximum atomic E-state index is 13.1. The van der Waals surface area contributed by atoms with Crippen LogP contribution < -0.4 is 5.56 Å². The number of aromatic nitrogens is 5. The maximum Gasteiger partial charge on any atom is 0.252 e. The van der Waals surface area contributed by atoms with Crippen molar-refractivity contribution < 1.29 is 0 Å². The van der Waals surface area contributed by atoms with Gasteiger partial charge in [-0.05, 0) is 73.2 Å². The van der Waals surface area contributed by atoms with Crippen LogP contribution in [0.25, 0.3) is 10.9 Å². The Morgan fingerprint density at radius 2 is 1.76 bits per heavy atom. The van der Waals surface area contributed by atoms with Gasteiger partial charge < -0.3 is 4.98 Å². The van der Waals surface area contributed by atoms with Gasteiger partial charge in [0, 0.05) is 24.2 Å². The summed E-state index contributed by atoms with van der Waals surface area (Å²) in [6.07, 6.45) is 0. The summed E-state index contributed by atoms with van der Waals surface area (Å²) in [6, 6.07) is 18.4. The van der Waals surface area contributed by atoms with Gasteiger partial charge >= 0.3 is 0 Å². The molecular formula is C27H34N6O. The maximum absolute atomic E-state index is 13.1. The molecule has 0 aliphatic carbocycles. The Balaban J connectivity index is 1.81. The van der Waals surface area contributed by atoms with Crippen LogP contribution in [0.5, 0.6) is 0 Å². The van der Waals surface area contributed by atoms with Crippen LogP contribution in [0.15, 0.2) is 59.4 Å². The van der Waals surface area contributed by atoms with E-state index in [0.717, 1.165) is 27.9 Å². The predicted molar refractivity (Wildman–Crippen MR) is 135 cm³/mol. The fourth-order valence-corrected chi connectivity index (χ4v) is 4.52. The monoisotopic (exact) mass is 458 g/mol. The van der Waals surface area contributed by atoms with Gasteiger partial charge in [-0.15, -0.1) is 5.10 Å². The van der Waals surface area contributed by atoms with Crippen molar-refractivity contribution in [1.82, 2.24) is 30.1 Å². The second-order valence-electron chi connectivity index (χ2n) is 10.4.